The van der Waals surface area contributed by atoms with Crippen molar-refractivity contribution in [2.75, 3.05) is 43.0 Å². The van der Waals surface area contributed by atoms with Crippen LogP contribution in [0.25, 0.3) is 0 Å². The van der Waals surface area contributed by atoms with E-state index in [1.165, 1.54) is 12.4 Å². The van der Waals surface area contributed by atoms with Gasteiger partial charge in [0.2, 0.25) is 5.95 Å². The number of likely N-dealkylation sites (N-methyl/N-ethyl adjacent to an activating group) is 1. The van der Waals surface area contributed by atoms with Gasteiger partial charge in [-0.15, -0.1) is 0 Å². The molecule has 3 heterocycles. The van der Waals surface area contributed by atoms with Crippen molar-refractivity contribution in [3.63, 3.8) is 0 Å². The van der Waals surface area contributed by atoms with Gasteiger partial charge < -0.3 is 9.80 Å². The van der Waals surface area contributed by atoms with Gasteiger partial charge in [0.15, 0.2) is 5.82 Å². The van der Waals surface area contributed by atoms with Crippen LogP contribution in [0.4, 0.5) is 21.7 Å². The molecule has 1 aromatic carbocycles. The Morgan fingerprint density at radius 1 is 1.23 bits per heavy atom. The van der Waals surface area contributed by atoms with E-state index in [9.17, 15) is 14.5 Å². The van der Waals surface area contributed by atoms with Crippen LogP contribution in [0.5, 0.6) is 0 Å². The summed E-state index contributed by atoms with van der Waals surface area (Å²) < 4.78 is 13.1. The van der Waals surface area contributed by atoms with Gasteiger partial charge in [-0.25, -0.2) is 14.4 Å². The van der Waals surface area contributed by atoms with E-state index in [1.54, 1.807) is 12.1 Å². The van der Waals surface area contributed by atoms with Gasteiger partial charge in [-0.3, -0.25) is 15.0 Å². The monoisotopic (exact) mass is 358 g/mol. The van der Waals surface area contributed by atoms with Crippen LogP contribution >= 0.6 is 0 Å². The predicted molar refractivity (Wildman–Crippen MR) is 94.8 cm³/mol. The number of hydrogen-bond acceptors (Lipinski definition) is 7. The van der Waals surface area contributed by atoms with Crippen molar-refractivity contribution in [3.8, 4) is 0 Å². The smallest absolute Gasteiger partial charge is 0.269 e. The molecule has 1 fully saturated rings. The molecule has 136 valence electrons. The molecule has 1 atom stereocenters. The lowest BCUT2D eigenvalue weighted by atomic mass is 10.1. The summed E-state index contributed by atoms with van der Waals surface area (Å²) in [5.41, 5.74) is 2.13. The molecule has 0 radical (unpaired) electrons. The number of halogens is 1. The number of benzene rings is 1. The van der Waals surface area contributed by atoms with E-state index in [0.717, 1.165) is 24.3 Å². The van der Waals surface area contributed by atoms with Gasteiger partial charge in [-0.2, -0.15) is 0 Å². The Balaban J connectivity index is 1.62. The van der Waals surface area contributed by atoms with Gasteiger partial charge in [-0.1, -0.05) is 0 Å². The Labute approximate surface area is 150 Å². The maximum Gasteiger partial charge on any atom is 0.269 e. The molecular formula is C17H19FN6O2. The summed E-state index contributed by atoms with van der Waals surface area (Å²) in [4.78, 5) is 25.5. The summed E-state index contributed by atoms with van der Waals surface area (Å²) in [5, 5.41) is 11.1. The molecule has 26 heavy (non-hydrogen) atoms. The van der Waals surface area contributed by atoms with Gasteiger partial charge in [-0.05, 0) is 18.7 Å². The number of nitro benzene ring substituents is 1. The molecule has 0 saturated carbocycles. The Kier molecular flexibility index (Phi) is 4.15. The van der Waals surface area contributed by atoms with Crippen LogP contribution in [0.2, 0.25) is 0 Å². The van der Waals surface area contributed by atoms with Crippen LogP contribution in [0, 0.1) is 15.9 Å². The fourth-order valence-corrected chi connectivity index (χ4v) is 3.79. The molecule has 1 aromatic heterocycles. The van der Waals surface area contributed by atoms with Crippen molar-refractivity contribution in [3.05, 3.63) is 52.1 Å². The van der Waals surface area contributed by atoms with Gasteiger partial charge >= 0.3 is 0 Å². The average Bonchev–Trinajstić information content (AvgIpc) is 2.76. The maximum atomic E-state index is 13.1. The van der Waals surface area contributed by atoms with Gasteiger partial charge in [0.25, 0.3) is 5.69 Å². The molecule has 2 aliphatic heterocycles. The molecular weight excluding hydrogens is 339 g/mol. The van der Waals surface area contributed by atoms with Crippen molar-refractivity contribution in [1.29, 1.82) is 0 Å². The highest BCUT2D eigenvalue weighted by molar-refractivity contribution is 5.60. The zero-order chi connectivity index (χ0) is 18.3. The number of anilines is 2. The maximum absolute atomic E-state index is 13.1. The quantitative estimate of drug-likeness (QED) is 0.597. The predicted octanol–water partition coefficient (Wildman–Crippen LogP) is 1.66. The Bertz CT molecular complexity index is 831. The lowest BCUT2D eigenvalue weighted by Crippen LogP contribution is -2.56. The number of fused-ring (bicyclic) bond motifs is 3. The van der Waals surface area contributed by atoms with Crippen molar-refractivity contribution >= 4 is 17.3 Å². The zero-order valence-electron chi connectivity index (χ0n) is 14.4. The van der Waals surface area contributed by atoms with E-state index in [0.29, 0.717) is 25.6 Å². The number of piperazine rings is 1. The number of aromatic nitrogens is 2. The first kappa shape index (κ1) is 16.6. The molecule has 1 saturated heterocycles. The first-order valence-corrected chi connectivity index (χ1v) is 8.46. The molecule has 0 N–H and O–H groups in total. The summed E-state index contributed by atoms with van der Waals surface area (Å²) >= 11 is 0. The molecule has 2 aliphatic rings. The first-order chi connectivity index (χ1) is 12.5. The second-order valence-corrected chi connectivity index (χ2v) is 6.76. The Morgan fingerprint density at radius 3 is 2.73 bits per heavy atom. The number of nitro groups is 1. The molecule has 8 nitrogen and oxygen atoms in total. The molecule has 0 spiro atoms. The number of hydrogen-bond donors (Lipinski definition) is 0. The van der Waals surface area contributed by atoms with Gasteiger partial charge in [0.05, 0.1) is 23.4 Å². The van der Waals surface area contributed by atoms with Crippen LogP contribution in [0.3, 0.4) is 0 Å². The minimum Gasteiger partial charge on any atom is -0.363 e. The zero-order valence-corrected chi connectivity index (χ0v) is 14.4. The normalized spacial score (nSPS) is 20.3. The van der Waals surface area contributed by atoms with E-state index < -0.39 is 5.82 Å². The average molecular weight is 358 g/mol. The number of rotatable bonds is 2. The van der Waals surface area contributed by atoms with Crippen LogP contribution in [-0.4, -0.2) is 59.1 Å². The van der Waals surface area contributed by atoms with Crippen LogP contribution in [-0.2, 0) is 6.54 Å². The van der Waals surface area contributed by atoms with Crippen molar-refractivity contribution < 1.29 is 9.31 Å². The highest BCUT2D eigenvalue weighted by Gasteiger charge is 2.33. The van der Waals surface area contributed by atoms with Crippen molar-refractivity contribution in [1.82, 2.24) is 14.9 Å². The minimum absolute atomic E-state index is 0.119. The fraction of sp³-hybridized carbons (Fsp3) is 0.412. The SMILES string of the molecule is CN1Cc2cc([N+](=O)[O-])ccc2N2CCN(c3ncc(F)cn3)CC2C1. The Morgan fingerprint density at radius 2 is 2.00 bits per heavy atom. The number of nitrogens with zero attached hydrogens (tertiary/aromatic N) is 6. The molecule has 9 heteroatoms. The van der Waals surface area contributed by atoms with Crippen molar-refractivity contribution in [2.45, 2.75) is 12.6 Å². The number of non-ortho nitro benzene ring substituents is 1. The lowest BCUT2D eigenvalue weighted by molar-refractivity contribution is -0.384. The van der Waals surface area contributed by atoms with Crippen LogP contribution in [0.1, 0.15) is 5.56 Å². The summed E-state index contributed by atoms with van der Waals surface area (Å²) in [6, 6.07) is 5.29. The van der Waals surface area contributed by atoms with Gasteiger partial charge in [0, 0.05) is 50.5 Å². The molecule has 4 rings (SSSR count). The van der Waals surface area contributed by atoms with Gasteiger partial charge in [0.1, 0.15) is 0 Å². The molecule has 0 aliphatic carbocycles. The second kappa shape index (κ2) is 6.49. The third-order valence-corrected chi connectivity index (χ3v) is 4.92. The third-order valence-electron chi connectivity index (χ3n) is 4.92. The molecule has 2 aromatic rings. The summed E-state index contributed by atoms with van der Waals surface area (Å²) in [5.74, 6) is 0.0824. The van der Waals surface area contributed by atoms with E-state index >= 15 is 0 Å². The lowest BCUT2D eigenvalue weighted by Gasteiger charge is -2.42. The van der Waals surface area contributed by atoms with Crippen LogP contribution < -0.4 is 9.80 Å². The minimum atomic E-state index is -0.447. The van der Waals surface area contributed by atoms with E-state index in [1.807, 2.05) is 13.1 Å². The van der Waals surface area contributed by atoms with E-state index in [2.05, 4.69) is 24.7 Å². The van der Waals surface area contributed by atoms with E-state index in [-0.39, 0.29) is 16.7 Å². The molecule has 0 bridgehead atoms. The van der Waals surface area contributed by atoms with E-state index in [4.69, 9.17) is 0 Å². The second-order valence-electron chi connectivity index (χ2n) is 6.76. The summed E-state index contributed by atoms with van der Waals surface area (Å²) in [6.07, 6.45) is 2.37. The highest BCUT2D eigenvalue weighted by atomic mass is 19.1. The summed E-state index contributed by atoms with van der Waals surface area (Å²) in [7, 11) is 2.01. The van der Waals surface area contributed by atoms with Crippen LogP contribution in [0.15, 0.2) is 30.6 Å². The standard InChI is InChI=1S/C17H19FN6O2/c1-21-9-12-6-14(24(25)26)2-3-16(12)23-5-4-22(11-15(23)10-21)17-19-7-13(18)8-20-17/h2-3,6-8,15H,4-5,9-11H2,1H3. The molecule has 1 unspecified atom stereocenters. The largest absolute Gasteiger partial charge is 0.363 e. The fourth-order valence-electron chi connectivity index (χ4n) is 3.79. The summed E-state index contributed by atoms with van der Waals surface area (Å²) in [6.45, 7) is 3.66. The topological polar surface area (TPSA) is 78.6 Å². The van der Waals surface area contributed by atoms with Crippen molar-refractivity contribution in [2.24, 2.45) is 0 Å². The third kappa shape index (κ3) is 3.05. The Hall–Kier alpha value is -2.81. The first-order valence-electron chi connectivity index (χ1n) is 8.46. The molecule has 0 amide bonds. The highest BCUT2D eigenvalue weighted by Crippen LogP contribution is 2.32.